The second-order valence-corrected chi connectivity index (χ2v) is 4.04. The van der Waals surface area contributed by atoms with Crippen molar-refractivity contribution in [2.24, 2.45) is 17.7 Å². The van der Waals surface area contributed by atoms with Gasteiger partial charge in [-0.1, -0.05) is 26.7 Å². The lowest BCUT2D eigenvalue weighted by Gasteiger charge is -2.19. The number of rotatable bonds is 5. The molecule has 1 atom stereocenters. The van der Waals surface area contributed by atoms with E-state index in [4.69, 9.17) is 5.84 Å². The van der Waals surface area contributed by atoms with Gasteiger partial charge >= 0.3 is 0 Å². The molecular formula is C9H20N2. The Morgan fingerprint density at radius 1 is 1.45 bits per heavy atom. The van der Waals surface area contributed by atoms with Crippen LogP contribution >= 0.6 is 0 Å². The molecule has 0 radical (unpaired) electrons. The molecular weight excluding hydrogens is 136 g/mol. The maximum absolute atomic E-state index is 5.43. The van der Waals surface area contributed by atoms with E-state index in [1.54, 1.807) is 0 Å². The molecule has 1 aliphatic carbocycles. The highest BCUT2D eigenvalue weighted by Gasteiger charge is 2.22. The van der Waals surface area contributed by atoms with Crippen molar-refractivity contribution >= 4 is 0 Å². The van der Waals surface area contributed by atoms with Gasteiger partial charge < -0.3 is 0 Å². The van der Waals surface area contributed by atoms with Crippen molar-refractivity contribution in [2.45, 2.75) is 45.6 Å². The van der Waals surface area contributed by atoms with Crippen LogP contribution in [0.3, 0.4) is 0 Å². The molecule has 0 amide bonds. The summed E-state index contributed by atoms with van der Waals surface area (Å²) in [5.41, 5.74) is 2.88. The third kappa shape index (κ3) is 3.21. The number of nitrogens with two attached hydrogens (primary N) is 1. The Hall–Kier alpha value is -0.0800. The first-order chi connectivity index (χ1) is 5.24. The van der Waals surface area contributed by atoms with E-state index in [-0.39, 0.29) is 0 Å². The van der Waals surface area contributed by atoms with Crippen LogP contribution in [0.4, 0.5) is 0 Å². The maximum Gasteiger partial charge on any atom is 0.0233 e. The smallest absolute Gasteiger partial charge is 0.0233 e. The Morgan fingerprint density at radius 3 is 2.45 bits per heavy atom. The van der Waals surface area contributed by atoms with Crippen molar-refractivity contribution < 1.29 is 0 Å². The van der Waals surface area contributed by atoms with E-state index in [1.807, 2.05) is 0 Å². The summed E-state index contributed by atoms with van der Waals surface area (Å²) >= 11 is 0. The Labute approximate surface area is 69.5 Å². The van der Waals surface area contributed by atoms with Crippen molar-refractivity contribution in [3.8, 4) is 0 Å². The van der Waals surface area contributed by atoms with Crippen LogP contribution in [0.25, 0.3) is 0 Å². The second-order valence-electron chi connectivity index (χ2n) is 4.04. The molecule has 1 saturated carbocycles. The highest BCUT2D eigenvalue weighted by molar-refractivity contribution is 4.77. The lowest BCUT2D eigenvalue weighted by atomic mass is 9.99. The van der Waals surface area contributed by atoms with Gasteiger partial charge in [-0.3, -0.25) is 11.3 Å². The van der Waals surface area contributed by atoms with E-state index in [0.29, 0.717) is 12.0 Å². The summed E-state index contributed by atoms with van der Waals surface area (Å²) in [5, 5.41) is 0. The van der Waals surface area contributed by atoms with E-state index in [2.05, 4.69) is 19.3 Å². The van der Waals surface area contributed by atoms with Crippen molar-refractivity contribution in [1.29, 1.82) is 0 Å². The Bertz CT molecular complexity index is 108. The molecule has 2 nitrogen and oxygen atoms in total. The number of hydrogen-bond donors (Lipinski definition) is 2. The zero-order valence-corrected chi connectivity index (χ0v) is 7.64. The lowest BCUT2D eigenvalue weighted by molar-refractivity contribution is 0.369. The van der Waals surface area contributed by atoms with Crippen molar-refractivity contribution in [3.63, 3.8) is 0 Å². The molecule has 0 aliphatic heterocycles. The Morgan fingerprint density at radius 2 is 2.09 bits per heavy atom. The average Bonchev–Trinajstić information content (AvgIpc) is 2.72. The summed E-state index contributed by atoms with van der Waals surface area (Å²) in [6.07, 6.45) is 5.52. The van der Waals surface area contributed by atoms with Crippen LogP contribution in [0.1, 0.15) is 39.5 Å². The largest absolute Gasteiger partial charge is 0.271 e. The lowest BCUT2D eigenvalue weighted by Crippen LogP contribution is -2.38. The van der Waals surface area contributed by atoms with Gasteiger partial charge in [-0.2, -0.15) is 0 Å². The van der Waals surface area contributed by atoms with Gasteiger partial charge in [-0.05, 0) is 24.7 Å². The van der Waals surface area contributed by atoms with Crippen LogP contribution in [-0.4, -0.2) is 6.04 Å². The zero-order valence-electron chi connectivity index (χ0n) is 7.64. The zero-order chi connectivity index (χ0) is 8.27. The minimum absolute atomic E-state index is 0.524. The fourth-order valence-electron chi connectivity index (χ4n) is 1.43. The first kappa shape index (κ1) is 9.01. The minimum atomic E-state index is 0.524. The van der Waals surface area contributed by atoms with Gasteiger partial charge in [0.1, 0.15) is 0 Å². The molecule has 1 fully saturated rings. The predicted octanol–water partition coefficient (Wildman–Crippen LogP) is 1.66. The molecule has 1 aliphatic rings. The van der Waals surface area contributed by atoms with E-state index in [0.717, 1.165) is 5.92 Å². The van der Waals surface area contributed by atoms with Crippen LogP contribution < -0.4 is 11.3 Å². The molecule has 0 aromatic rings. The molecule has 3 N–H and O–H groups in total. The summed E-state index contributed by atoms with van der Waals surface area (Å²) in [6, 6.07) is 0.524. The normalized spacial score (nSPS) is 20.7. The minimum Gasteiger partial charge on any atom is -0.271 e. The fourth-order valence-corrected chi connectivity index (χ4v) is 1.43. The van der Waals surface area contributed by atoms with E-state index >= 15 is 0 Å². The number of nitrogens with one attached hydrogen (secondary N) is 1. The van der Waals surface area contributed by atoms with Gasteiger partial charge in [-0.25, -0.2) is 0 Å². The van der Waals surface area contributed by atoms with Crippen LogP contribution in [0.5, 0.6) is 0 Å². The van der Waals surface area contributed by atoms with Crippen molar-refractivity contribution in [1.82, 2.24) is 5.43 Å². The Balaban J connectivity index is 2.08. The molecule has 0 aromatic heterocycles. The standard InChI is InChI=1S/C9H20N2/c1-7(2)9(11-10)6-5-8-3-4-8/h7-9,11H,3-6,10H2,1-2H3. The van der Waals surface area contributed by atoms with Crippen LogP contribution in [-0.2, 0) is 0 Å². The third-order valence-electron chi connectivity index (χ3n) is 2.60. The molecule has 1 unspecified atom stereocenters. The highest BCUT2D eigenvalue weighted by Crippen LogP contribution is 2.34. The molecule has 1 rings (SSSR count). The van der Waals surface area contributed by atoms with Crippen molar-refractivity contribution in [2.75, 3.05) is 0 Å². The van der Waals surface area contributed by atoms with E-state index in [9.17, 15) is 0 Å². The molecule has 0 heterocycles. The van der Waals surface area contributed by atoms with Crippen LogP contribution in [0.2, 0.25) is 0 Å². The fraction of sp³-hybridized carbons (Fsp3) is 1.00. The molecule has 0 spiro atoms. The van der Waals surface area contributed by atoms with E-state index < -0.39 is 0 Å². The molecule has 2 heteroatoms. The molecule has 0 bridgehead atoms. The van der Waals surface area contributed by atoms with Gasteiger partial charge in [-0.15, -0.1) is 0 Å². The van der Waals surface area contributed by atoms with Gasteiger partial charge in [0.15, 0.2) is 0 Å². The Kier molecular flexibility index (Phi) is 3.34. The molecule has 0 saturated heterocycles. The molecule has 0 aromatic carbocycles. The third-order valence-corrected chi connectivity index (χ3v) is 2.60. The summed E-state index contributed by atoms with van der Waals surface area (Å²) in [6.45, 7) is 4.44. The first-order valence-corrected chi connectivity index (χ1v) is 4.70. The van der Waals surface area contributed by atoms with Gasteiger partial charge in [0.25, 0.3) is 0 Å². The number of hydrazine groups is 1. The van der Waals surface area contributed by atoms with Gasteiger partial charge in [0.2, 0.25) is 0 Å². The SMILES string of the molecule is CC(C)C(CCC1CC1)NN. The number of hydrogen-bond acceptors (Lipinski definition) is 2. The van der Waals surface area contributed by atoms with E-state index in [1.165, 1.54) is 25.7 Å². The maximum atomic E-state index is 5.43. The molecule has 11 heavy (non-hydrogen) atoms. The van der Waals surface area contributed by atoms with Gasteiger partial charge in [0, 0.05) is 6.04 Å². The van der Waals surface area contributed by atoms with Crippen LogP contribution in [0, 0.1) is 11.8 Å². The molecule has 66 valence electrons. The predicted molar refractivity (Wildman–Crippen MR) is 47.9 cm³/mol. The van der Waals surface area contributed by atoms with Gasteiger partial charge in [0.05, 0.1) is 0 Å². The second kappa shape index (κ2) is 4.07. The monoisotopic (exact) mass is 156 g/mol. The summed E-state index contributed by atoms with van der Waals surface area (Å²) < 4.78 is 0. The quantitative estimate of drug-likeness (QED) is 0.469. The average molecular weight is 156 g/mol. The summed E-state index contributed by atoms with van der Waals surface area (Å²) in [4.78, 5) is 0. The highest BCUT2D eigenvalue weighted by atomic mass is 15.2. The first-order valence-electron chi connectivity index (χ1n) is 4.70. The van der Waals surface area contributed by atoms with Crippen LogP contribution in [0.15, 0.2) is 0 Å². The summed E-state index contributed by atoms with van der Waals surface area (Å²) in [5.74, 6) is 7.13. The summed E-state index contributed by atoms with van der Waals surface area (Å²) in [7, 11) is 0. The van der Waals surface area contributed by atoms with Crippen molar-refractivity contribution in [3.05, 3.63) is 0 Å². The topological polar surface area (TPSA) is 38.0 Å².